The lowest BCUT2D eigenvalue weighted by Gasteiger charge is -2.38. The number of nitrogens with zero attached hydrogens (tertiary/aromatic N) is 2. The van der Waals surface area contributed by atoms with Crippen LogP contribution in [0.2, 0.25) is 0 Å². The third kappa shape index (κ3) is 3.46. The molecule has 2 saturated heterocycles. The Morgan fingerprint density at radius 1 is 0.810 bits per heavy atom. The molecule has 0 aromatic heterocycles. The van der Waals surface area contributed by atoms with Gasteiger partial charge in [0.2, 0.25) is 5.91 Å². The number of likely N-dealkylation sites (tertiary alicyclic amines) is 2. The summed E-state index contributed by atoms with van der Waals surface area (Å²) in [5.41, 5.74) is 1.16. The molecule has 2 aliphatic rings. The van der Waals surface area contributed by atoms with E-state index in [2.05, 4.69) is 34.1 Å². The van der Waals surface area contributed by atoms with Gasteiger partial charge in [-0.15, -0.1) is 0 Å². The Morgan fingerprint density at radius 2 is 1.38 bits per heavy atom. The largest absolute Gasteiger partial charge is 0.341 e. The van der Waals surface area contributed by atoms with Gasteiger partial charge in [-0.2, -0.15) is 0 Å². The molecular weight excluding hydrogens is 260 g/mol. The maximum absolute atomic E-state index is 13.1. The lowest BCUT2D eigenvalue weighted by Crippen LogP contribution is -2.46. The van der Waals surface area contributed by atoms with Crippen molar-refractivity contribution in [1.29, 1.82) is 0 Å². The minimum atomic E-state index is -0.0652. The van der Waals surface area contributed by atoms with Crippen molar-refractivity contribution in [1.82, 2.24) is 9.80 Å². The van der Waals surface area contributed by atoms with Gasteiger partial charge < -0.3 is 4.90 Å². The second-order valence-corrected chi connectivity index (χ2v) is 6.30. The van der Waals surface area contributed by atoms with Crippen LogP contribution in [0.25, 0.3) is 0 Å². The predicted molar refractivity (Wildman–Crippen MR) is 85.0 cm³/mol. The molecule has 1 aromatic carbocycles. The number of benzene rings is 1. The summed E-state index contributed by atoms with van der Waals surface area (Å²) < 4.78 is 0. The molecule has 1 aromatic rings. The van der Waals surface area contributed by atoms with E-state index in [-0.39, 0.29) is 6.04 Å². The van der Waals surface area contributed by atoms with E-state index in [0.29, 0.717) is 5.91 Å². The highest BCUT2D eigenvalue weighted by Crippen LogP contribution is 2.27. The summed E-state index contributed by atoms with van der Waals surface area (Å²) in [5.74, 6) is 0.322. The third-order valence-electron chi connectivity index (χ3n) is 4.77. The van der Waals surface area contributed by atoms with Crippen molar-refractivity contribution in [3.05, 3.63) is 35.9 Å². The Kier molecular flexibility index (Phi) is 4.91. The normalized spacial score (nSPS) is 22.0. The second-order valence-electron chi connectivity index (χ2n) is 6.30. The third-order valence-corrected chi connectivity index (χ3v) is 4.77. The quantitative estimate of drug-likeness (QED) is 0.851. The fourth-order valence-electron chi connectivity index (χ4n) is 3.61. The summed E-state index contributed by atoms with van der Waals surface area (Å²) in [6.45, 7) is 3.99. The molecule has 2 fully saturated rings. The van der Waals surface area contributed by atoms with Gasteiger partial charge in [-0.05, 0) is 50.8 Å². The van der Waals surface area contributed by atoms with Gasteiger partial charge in [0, 0.05) is 13.1 Å². The van der Waals surface area contributed by atoms with Crippen LogP contribution in [-0.4, -0.2) is 41.9 Å². The molecule has 3 heteroatoms. The standard InChI is InChI=1S/C18H26N2O/c21-18(20-14-8-3-9-15-20)17(16-10-4-1-5-11-16)19-12-6-2-7-13-19/h1,4-5,10-11,17H,2-3,6-9,12-15H2. The molecule has 0 radical (unpaired) electrons. The van der Waals surface area contributed by atoms with Crippen LogP contribution in [0.4, 0.5) is 0 Å². The number of rotatable bonds is 3. The highest BCUT2D eigenvalue weighted by Gasteiger charge is 2.32. The number of hydrogen-bond donors (Lipinski definition) is 0. The van der Waals surface area contributed by atoms with Crippen molar-refractivity contribution in [2.45, 2.75) is 44.6 Å². The molecule has 0 spiro atoms. The van der Waals surface area contributed by atoms with Gasteiger partial charge in [0.25, 0.3) is 0 Å². The van der Waals surface area contributed by atoms with Crippen LogP contribution in [0.15, 0.2) is 30.3 Å². The van der Waals surface area contributed by atoms with E-state index in [1.54, 1.807) is 0 Å². The first-order chi connectivity index (χ1) is 10.4. The van der Waals surface area contributed by atoms with E-state index in [1.165, 1.54) is 25.7 Å². The first kappa shape index (κ1) is 14.6. The van der Waals surface area contributed by atoms with Crippen molar-refractivity contribution in [3.8, 4) is 0 Å². The van der Waals surface area contributed by atoms with Crippen LogP contribution in [0.5, 0.6) is 0 Å². The van der Waals surface area contributed by atoms with Crippen LogP contribution in [-0.2, 0) is 4.79 Å². The van der Waals surface area contributed by atoms with Crippen LogP contribution in [0, 0.1) is 0 Å². The summed E-state index contributed by atoms with van der Waals surface area (Å²) in [7, 11) is 0. The van der Waals surface area contributed by atoms with Crippen molar-refractivity contribution in [2.75, 3.05) is 26.2 Å². The first-order valence-electron chi connectivity index (χ1n) is 8.44. The first-order valence-corrected chi connectivity index (χ1v) is 8.44. The summed E-state index contributed by atoms with van der Waals surface area (Å²) in [4.78, 5) is 17.6. The van der Waals surface area contributed by atoms with E-state index in [1.807, 2.05) is 6.07 Å². The molecule has 3 rings (SSSR count). The van der Waals surface area contributed by atoms with Gasteiger partial charge in [-0.3, -0.25) is 9.69 Å². The molecule has 21 heavy (non-hydrogen) atoms. The molecule has 3 nitrogen and oxygen atoms in total. The van der Waals surface area contributed by atoms with E-state index in [4.69, 9.17) is 0 Å². The maximum Gasteiger partial charge on any atom is 0.244 e. The molecule has 1 amide bonds. The minimum absolute atomic E-state index is 0.0652. The maximum atomic E-state index is 13.1. The number of carbonyl (C=O) groups is 1. The highest BCUT2D eigenvalue weighted by atomic mass is 16.2. The van der Waals surface area contributed by atoms with Crippen molar-refractivity contribution >= 4 is 5.91 Å². The number of piperidine rings is 2. The Hall–Kier alpha value is -1.35. The Bertz CT molecular complexity index is 448. The molecular formula is C18H26N2O. The summed E-state index contributed by atoms with van der Waals surface area (Å²) in [6, 6.07) is 10.3. The smallest absolute Gasteiger partial charge is 0.244 e. The molecule has 1 atom stereocenters. The van der Waals surface area contributed by atoms with E-state index < -0.39 is 0 Å². The average Bonchev–Trinajstić information content (AvgIpc) is 2.58. The Morgan fingerprint density at radius 3 is 2.00 bits per heavy atom. The zero-order valence-electron chi connectivity index (χ0n) is 12.8. The fraction of sp³-hybridized carbons (Fsp3) is 0.611. The molecule has 0 bridgehead atoms. The SMILES string of the molecule is O=C(C(c1ccccc1)N1CCCCC1)N1CCCCC1. The molecule has 0 N–H and O–H groups in total. The van der Waals surface area contributed by atoms with E-state index in [9.17, 15) is 4.79 Å². The summed E-state index contributed by atoms with van der Waals surface area (Å²) in [5, 5.41) is 0. The van der Waals surface area contributed by atoms with Crippen LogP contribution >= 0.6 is 0 Å². The fourth-order valence-corrected chi connectivity index (χ4v) is 3.61. The van der Waals surface area contributed by atoms with E-state index in [0.717, 1.165) is 44.6 Å². The monoisotopic (exact) mass is 286 g/mol. The minimum Gasteiger partial charge on any atom is -0.341 e. The summed E-state index contributed by atoms with van der Waals surface area (Å²) >= 11 is 0. The zero-order valence-corrected chi connectivity index (χ0v) is 12.8. The van der Waals surface area contributed by atoms with Crippen molar-refractivity contribution in [3.63, 3.8) is 0 Å². The lowest BCUT2D eigenvalue weighted by molar-refractivity contribution is -0.138. The average molecular weight is 286 g/mol. The van der Waals surface area contributed by atoms with Crippen LogP contribution in [0.1, 0.15) is 50.1 Å². The lowest BCUT2D eigenvalue weighted by atomic mass is 9.99. The number of amides is 1. The van der Waals surface area contributed by atoms with E-state index >= 15 is 0 Å². The molecule has 2 heterocycles. The molecule has 1 unspecified atom stereocenters. The number of hydrogen-bond acceptors (Lipinski definition) is 2. The van der Waals surface area contributed by atoms with Gasteiger partial charge in [-0.1, -0.05) is 36.8 Å². The van der Waals surface area contributed by atoms with Crippen LogP contribution < -0.4 is 0 Å². The number of carbonyl (C=O) groups excluding carboxylic acids is 1. The van der Waals surface area contributed by atoms with Gasteiger partial charge in [0.1, 0.15) is 6.04 Å². The van der Waals surface area contributed by atoms with Crippen molar-refractivity contribution in [2.24, 2.45) is 0 Å². The Labute approximate surface area is 127 Å². The van der Waals surface area contributed by atoms with Gasteiger partial charge in [-0.25, -0.2) is 0 Å². The topological polar surface area (TPSA) is 23.6 Å². The predicted octanol–water partition coefficient (Wildman–Crippen LogP) is 3.23. The Balaban J connectivity index is 1.82. The van der Waals surface area contributed by atoms with Gasteiger partial charge >= 0.3 is 0 Å². The molecule has 0 aliphatic carbocycles. The second kappa shape index (κ2) is 7.08. The molecule has 114 valence electrons. The van der Waals surface area contributed by atoms with Gasteiger partial charge in [0.05, 0.1) is 0 Å². The van der Waals surface area contributed by atoms with Crippen LogP contribution in [0.3, 0.4) is 0 Å². The highest BCUT2D eigenvalue weighted by molar-refractivity contribution is 5.83. The van der Waals surface area contributed by atoms with Gasteiger partial charge in [0.15, 0.2) is 0 Å². The van der Waals surface area contributed by atoms with Crippen molar-refractivity contribution < 1.29 is 4.79 Å². The molecule has 0 saturated carbocycles. The zero-order chi connectivity index (χ0) is 14.5. The summed E-state index contributed by atoms with van der Waals surface area (Å²) in [6.07, 6.45) is 7.33. The molecule has 2 aliphatic heterocycles.